The van der Waals surface area contributed by atoms with Crippen molar-refractivity contribution in [2.45, 2.75) is 31.6 Å². The molecule has 1 aliphatic rings. The third kappa shape index (κ3) is 2.57. The van der Waals surface area contributed by atoms with E-state index in [1.807, 2.05) is 6.92 Å². The molecule has 1 heterocycles. The zero-order valence-corrected chi connectivity index (χ0v) is 11.1. The fourth-order valence-electron chi connectivity index (χ4n) is 2.31. The average molecular weight is 252 g/mol. The summed E-state index contributed by atoms with van der Waals surface area (Å²) in [6.07, 6.45) is 2.96. The molecular weight excluding hydrogens is 232 g/mol. The van der Waals surface area contributed by atoms with E-state index < -0.39 is 0 Å². The van der Waals surface area contributed by atoms with Crippen LogP contribution in [0.15, 0.2) is 23.1 Å². The number of nitrogens with zero attached hydrogens (tertiary/aromatic N) is 1. The van der Waals surface area contributed by atoms with Gasteiger partial charge in [-0.05, 0) is 19.4 Å². The summed E-state index contributed by atoms with van der Waals surface area (Å²) in [5, 5.41) is 3.37. The van der Waals surface area contributed by atoms with Crippen LogP contribution in [0.4, 0.5) is 5.69 Å². The van der Waals surface area contributed by atoms with Crippen molar-refractivity contribution in [2.24, 2.45) is 7.05 Å². The van der Waals surface area contributed by atoms with Crippen molar-refractivity contribution in [2.75, 3.05) is 19.0 Å². The molecule has 0 saturated heterocycles. The second kappa shape index (κ2) is 5.54. The number of ether oxygens (including phenoxy) is 2. The fourth-order valence-corrected chi connectivity index (χ4v) is 2.31. The average Bonchev–Trinajstić information content (AvgIpc) is 2.32. The molecule has 2 rings (SSSR count). The topological polar surface area (TPSA) is 52.5 Å². The number of aryl methyl sites for hydroxylation is 1. The van der Waals surface area contributed by atoms with Crippen molar-refractivity contribution in [3.05, 3.63) is 28.7 Å². The Balaban J connectivity index is 1.98. The van der Waals surface area contributed by atoms with E-state index in [4.69, 9.17) is 9.47 Å². The minimum Gasteiger partial charge on any atom is -0.378 e. The summed E-state index contributed by atoms with van der Waals surface area (Å²) >= 11 is 0. The Hall–Kier alpha value is -1.33. The Labute approximate surface area is 107 Å². The van der Waals surface area contributed by atoms with Crippen LogP contribution in [0.5, 0.6) is 0 Å². The van der Waals surface area contributed by atoms with E-state index in [1.165, 1.54) is 0 Å². The largest absolute Gasteiger partial charge is 0.378 e. The minimum absolute atomic E-state index is 0.00959. The summed E-state index contributed by atoms with van der Waals surface area (Å²) in [7, 11) is 3.44. The molecule has 0 spiro atoms. The SMILES string of the molecule is CCOC1CC(Nc2ccc(=O)n(C)c2)C1OC. The normalized spacial score (nSPS) is 26.7. The molecule has 0 aliphatic heterocycles. The van der Waals surface area contributed by atoms with Crippen molar-refractivity contribution in [1.29, 1.82) is 0 Å². The third-order valence-electron chi connectivity index (χ3n) is 3.34. The Morgan fingerprint density at radius 2 is 2.28 bits per heavy atom. The van der Waals surface area contributed by atoms with Crippen molar-refractivity contribution in [3.63, 3.8) is 0 Å². The summed E-state index contributed by atoms with van der Waals surface area (Å²) in [5.74, 6) is 0. The van der Waals surface area contributed by atoms with Gasteiger partial charge in [0.2, 0.25) is 5.56 Å². The van der Waals surface area contributed by atoms with Crippen LogP contribution in [0.1, 0.15) is 13.3 Å². The second-order valence-electron chi connectivity index (χ2n) is 4.55. The number of anilines is 1. The number of hydrogen-bond acceptors (Lipinski definition) is 4. The van der Waals surface area contributed by atoms with Gasteiger partial charge in [-0.2, -0.15) is 0 Å². The molecule has 1 N–H and O–H groups in total. The highest BCUT2D eigenvalue weighted by Gasteiger charge is 2.42. The quantitative estimate of drug-likeness (QED) is 0.849. The van der Waals surface area contributed by atoms with Crippen LogP contribution in [0.3, 0.4) is 0 Å². The maximum atomic E-state index is 11.3. The lowest BCUT2D eigenvalue weighted by atomic mass is 9.85. The maximum absolute atomic E-state index is 11.3. The summed E-state index contributed by atoms with van der Waals surface area (Å²) < 4.78 is 12.6. The molecule has 0 radical (unpaired) electrons. The van der Waals surface area contributed by atoms with Crippen molar-refractivity contribution < 1.29 is 9.47 Å². The minimum atomic E-state index is -0.00959. The molecule has 1 aliphatic carbocycles. The number of pyridine rings is 1. The molecule has 1 saturated carbocycles. The van der Waals surface area contributed by atoms with Gasteiger partial charge in [-0.15, -0.1) is 0 Å². The first-order valence-corrected chi connectivity index (χ1v) is 6.23. The predicted molar refractivity (Wildman–Crippen MR) is 69.9 cm³/mol. The number of nitrogens with one attached hydrogen (secondary N) is 1. The summed E-state index contributed by atoms with van der Waals surface area (Å²) in [6, 6.07) is 3.59. The number of methoxy groups -OCH3 is 1. The highest BCUT2D eigenvalue weighted by atomic mass is 16.5. The van der Waals surface area contributed by atoms with Gasteiger partial charge < -0.3 is 19.4 Å². The van der Waals surface area contributed by atoms with E-state index in [0.29, 0.717) is 6.61 Å². The first-order chi connectivity index (χ1) is 8.65. The fraction of sp³-hybridized carbons (Fsp3) is 0.615. The van der Waals surface area contributed by atoms with E-state index in [0.717, 1.165) is 12.1 Å². The Morgan fingerprint density at radius 3 is 2.89 bits per heavy atom. The van der Waals surface area contributed by atoms with E-state index in [9.17, 15) is 4.79 Å². The molecule has 0 bridgehead atoms. The highest BCUT2D eigenvalue weighted by Crippen LogP contribution is 2.29. The van der Waals surface area contributed by atoms with Crippen molar-refractivity contribution in [1.82, 2.24) is 4.57 Å². The Bertz CT molecular complexity index is 458. The van der Waals surface area contributed by atoms with Crippen LogP contribution in [0, 0.1) is 0 Å². The number of hydrogen-bond donors (Lipinski definition) is 1. The molecule has 5 heteroatoms. The first-order valence-electron chi connectivity index (χ1n) is 6.23. The summed E-state index contributed by atoms with van der Waals surface area (Å²) in [5.41, 5.74) is 0.920. The molecule has 0 amide bonds. The Kier molecular flexibility index (Phi) is 4.04. The van der Waals surface area contributed by atoms with Gasteiger partial charge in [-0.3, -0.25) is 4.79 Å². The molecule has 18 heavy (non-hydrogen) atoms. The van der Waals surface area contributed by atoms with Gasteiger partial charge in [0.1, 0.15) is 6.10 Å². The lowest BCUT2D eigenvalue weighted by Gasteiger charge is -2.43. The smallest absolute Gasteiger partial charge is 0.250 e. The van der Waals surface area contributed by atoms with E-state index in [2.05, 4.69) is 5.32 Å². The van der Waals surface area contributed by atoms with Gasteiger partial charge in [0.15, 0.2) is 0 Å². The van der Waals surface area contributed by atoms with Crippen LogP contribution in [0.25, 0.3) is 0 Å². The van der Waals surface area contributed by atoms with Crippen LogP contribution in [-0.2, 0) is 16.5 Å². The molecular formula is C13H20N2O3. The van der Waals surface area contributed by atoms with Gasteiger partial charge in [0.25, 0.3) is 0 Å². The van der Waals surface area contributed by atoms with Crippen molar-refractivity contribution in [3.8, 4) is 0 Å². The van der Waals surface area contributed by atoms with Crippen LogP contribution < -0.4 is 10.9 Å². The standard InChI is InChI=1S/C13H20N2O3/c1-4-18-11-7-10(13(11)17-3)14-9-5-6-12(16)15(2)8-9/h5-6,8,10-11,13-14H,4,7H2,1-3H3. The lowest BCUT2D eigenvalue weighted by Crippen LogP contribution is -2.56. The number of aromatic nitrogens is 1. The van der Waals surface area contributed by atoms with E-state index >= 15 is 0 Å². The first kappa shape index (κ1) is 13.1. The van der Waals surface area contributed by atoms with Gasteiger partial charge in [0, 0.05) is 33.0 Å². The zero-order chi connectivity index (χ0) is 13.1. The van der Waals surface area contributed by atoms with Gasteiger partial charge >= 0.3 is 0 Å². The molecule has 0 aromatic carbocycles. The number of rotatable bonds is 5. The van der Waals surface area contributed by atoms with Gasteiger partial charge in [-0.1, -0.05) is 0 Å². The van der Waals surface area contributed by atoms with Gasteiger partial charge in [0.05, 0.1) is 17.8 Å². The summed E-state index contributed by atoms with van der Waals surface area (Å²) in [6.45, 7) is 2.69. The van der Waals surface area contributed by atoms with Gasteiger partial charge in [-0.25, -0.2) is 0 Å². The second-order valence-corrected chi connectivity index (χ2v) is 4.55. The molecule has 5 nitrogen and oxygen atoms in total. The molecule has 1 aromatic heterocycles. The third-order valence-corrected chi connectivity index (χ3v) is 3.34. The molecule has 3 atom stereocenters. The lowest BCUT2D eigenvalue weighted by molar-refractivity contribution is -0.118. The maximum Gasteiger partial charge on any atom is 0.250 e. The van der Waals surface area contributed by atoms with E-state index in [-0.39, 0.29) is 23.8 Å². The van der Waals surface area contributed by atoms with Crippen molar-refractivity contribution >= 4 is 5.69 Å². The summed E-state index contributed by atoms with van der Waals surface area (Å²) in [4.78, 5) is 11.3. The highest BCUT2D eigenvalue weighted by molar-refractivity contribution is 5.42. The monoisotopic (exact) mass is 252 g/mol. The molecule has 1 aromatic rings. The zero-order valence-electron chi connectivity index (χ0n) is 11.1. The molecule has 100 valence electrons. The van der Waals surface area contributed by atoms with Crippen LogP contribution >= 0.6 is 0 Å². The molecule has 1 fully saturated rings. The Morgan fingerprint density at radius 1 is 1.50 bits per heavy atom. The van der Waals surface area contributed by atoms with Crippen LogP contribution in [-0.4, -0.2) is 36.5 Å². The molecule has 3 unspecified atom stereocenters. The predicted octanol–water partition coefficient (Wildman–Crippen LogP) is 0.990. The van der Waals surface area contributed by atoms with E-state index in [1.54, 1.807) is 37.1 Å². The van der Waals surface area contributed by atoms with Crippen LogP contribution in [0.2, 0.25) is 0 Å².